The molecule has 5 rings (SSSR count). The van der Waals surface area contributed by atoms with E-state index in [1.165, 1.54) is 19.3 Å². The van der Waals surface area contributed by atoms with Gasteiger partial charge in [0.05, 0.1) is 18.4 Å². The highest BCUT2D eigenvalue weighted by Crippen LogP contribution is 2.39. The number of amides is 2. The van der Waals surface area contributed by atoms with Gasteiger partial charge in [-0.15, -0.1) is 0 Å². The maximum atomic E-state index is 12.3. The van der Waals surface area contributed by atoms with Crippen molar-refractivity contribution in [1.29, 1.82) is 0 Å². The smallest absolute Gasteiger partial charge is 0.237 e. The summed E-state index contributed by atoms with van der Waals surface area (Å²) >= 11 is 0. The lowest BCUT2D eigenvalue weighted by Gasteiger charge is -2.41. The summed E-state index contributed by atoms with van der Waals surface area (Å²) in [7, 11) is 0. The Balaban J connectivity index is 0.901. The quantitative estimate of drug-likeness (QED) is 0.250. The number of hydrogen-bond donors (Lipinski definition) is 6. The Morgan fingerprint density at radius 2 is 1.91 bits per heavy atom. The predicted octanol–water partition coefficient (Wildman–Crippen LogP) is 1.00. The molecule has 0 aromatic heterocycles. The van der Waals surface area contributed by atoms with Crippen molar-refractivity contribution in [3.8, 4) is 0 Å². The minimum atomic E-state index is -0.111. The van der Waals surface area contributed by atoms with E-state index >= 15 is 0 Å². The second-order valence-corrected chi connectivity index (χ2v) is 11.1. The van der Waals surface area contributed by atoms with Crippen LogP contribution in [-0.4, -0.2) is 56.2 Å². The first-order valence-electron chi connectivity index (χ1n) is 14.0. The van der Waals surface area contributed by atoms with Crippen molar-refractivity contribution in [3.05, 3.63) is 0 Å². The largest absolute Gasteiger partial charge is 0.378 e. The van der Waals surface area contributed by atoms with Gasteiger partial charge in [0.2, 0.25) is 11.8 Å². The summed E-state index contributed by atoms with van der Waals surface area (Å²) in [5, 5.41) is 10.1. The fourth-order valence-corrected chi connectivity index (χ4v) is 6.79. The van der Waals surface area contributed by atoms with Gasteiger partial charge in [0, 0.05) is 31.4 Å². The Morgan fingerprint density at radius 3 is 2.86 bits per heavy atom. The highest BCUT2D eigenvalue weighted by atomic mass is 16.7. The summed E-state index contributed by atoms with van der Waals surface area (Å²) in [6, 6.07) is 0. The number of carbonyl (C=O) groups is 2. The molecule has 8 unspecified atom stereocenters. The van der Waals surface area contributed by atoms with Crippen LogP contribution >= 0.6 is 0 Å². The van der Waals surface area contributed by atoms with Crippen molar-refractivity contribution >= 4 is 11.8 Å². The van der Waals surface area contributed by atoms with E-state index < -0.39 is 0 Å². The zero-order chi connectivity index (χ0) is 24.0. The lowest BCUT2D eigenvalue weighted by Crippen LogP contribution is -2.64. The lowest BCUT2D eigenvalue weighted by atomic mass is 9.76. The molecule has 0 spiro atoms. The number of rotatable bonds is 10. The van der Waals surface area contributed by atoms with E-state index in [1.807, 2.05) is 0 Å². The lowest BCUT2D eigenvalue weighted by molar-refractivity contribution is -0.134. The number of fused-ring (bicyclic) bond motifs is 2. The highest BCUT2D eigenvalue weighted by molar-refractivity contribution is 5.79. The third-order valence-electron chi connectivity index (χ3n) is 8.81. The predicted molar refractivity (Wildman–Crippen MR) is 130 cm³/mol. The Hall–Kier alpha value is -1.30. The number of nitrogens with one attached hydrogen (secondary N) is 6. The fraction of sp³-hybridized carbons (Fsp3) is 0.920. The summed E-state index contributed by atoms with van der Waals surface area (Å²) in [6.07, 6.45) is 12.9. The minimum Gasteiger partial charge on any atom is -0.378 e. The summed E-state index contributed by atoms with van der Waals surface area (Å²) in [5.74, 6) is 2.01. The molecule has 0 aromatic rings. The number of ether oxygens (including phenoxy) is 1. The number of hydrazine groups is 1. The van der Waals surface area contributed by atoms with E-state index in [4.69, 9.17) is 9.57 Å². The molecule has 5 aliphatic rings. The molecule has 0 aromatic carbocycles. The molecule has 198 valence electrons. The van der Waals surface area contributed by atoms with Gasteiger partial charge in [-0.25, -0.2) is 5.43 Å². The first-order chi connectivity index (χ1) is 17.2. The number of hydrogen-bond acceptors (Lipinski definition) is 8. The van der Waals surface area contributed by atoms with E-state index in [1.54, 1.807) is 0 Å². The maximum absolute atomic E-state index is 12.3. The summed E-state index contributed by atoms with van der Waals surface area (Å²) in [5.41, 5.74) is 9.15. The average Bonchev–Trinajstić information content (AvgIpc) is 3.55. The van der Waals surface area contributed by atoms with Crippen LogP contribution in [0.4, 0.5) is 0 Å². The van der Waals surface area contributed by atoms with Gasteiger partial charge in [-0.2, -0.15) is 5.48 Å². The van der Waals surface area contributed by atoms with Crippen LogP contribution in [-0.2, 0) is 19.2 Å². The van der Waals surface area contributed by atoms with Gasteiger partial charge in [-0.05, 0) is 76.2 Å². The molecule has 5 fully saturated rings. The van der Waals surface area contributed by atoms with E-state index in [0.29, 0.717) is 43.2 Å². The van der Waals surface area contributed by atoms with Crippen LogP contribution in [0.5, 0.6) is 0 Å². The molecule has 10 heteroatoms. The van der Waals surface area contributed by atoms with E-state index in [0.717, 1.165) is 58.1 Å². The summed E-state index contributed by atoms with van der Waals surface area (Å²) in [6.45, 7) is 2.47. The minimum absolute atomic E-state index is 0.0807. The van der Waals surface area contributed by atoms with Crippen LogP contribution in [0.1, 0.15) is 77.0 Å². The standard InChI is InChI=1S/C25H44N6O4/c32-21(9-10-22-28-23(31-35-22)17-7-8-20-16(15-17)11-14-34-20)26-12-3-4-13-27-24-18-5-1-2-6-19(18)25(33)30-29-24/h16-20,22-24,27-29,31H,1-15H2,(H,26,32)(H,30,33). The van der Waals surface area contributed by atoms with Gasteiger partial charge in [-0.1, -0.05) is 12.8 Å². The zero-order valence-electron chi connectivity index (χ0n) is 20.9. The van der Waals surface area contributed by atoms with Crippen molar-refractivity contribution in [1.82, 2.24) is 32.3 Å². The van der Waals surface area contributed by atoms with Crippen LogP contribution in [0.15, 0.2) is 0 Å². The number of unbranched alkanes of at least 4 members (excludes halogenated alkanes) is 1. The number of carbonyl (C=O) groups excluding carboxylic acids is 2. The molecule has 8 atom stereocenters. The molecule has 0 radical (unpaired) electrons. The van der Waals surface area contributed by atoms with Crippen LogP contribution in [0.25, 0.3) is 0 Å². The van der Waals surface area contributed by atoms with Gasteiger partial charge in [-0.3, -0.25) is 25.2 Å². The molecule has 2 amide bonds. The van der Waals surface area contributed by atoms with Gasteiger partial charge in [0.15, 0.2) is 0 Å². The summed E-state index contributed by atoms with van der Waals surface area (Å²) in [4.78, 5) is 30.1. The molecule has 3 aliphatic heterocycles. The van der Waals surface area contributed by atoms with Crippen LogP contribution in [0.2, 0.25) is 0 Å². The second-order valence-electron chi connectivity index (χ2n) is 11.1. The van der Waals surface area contributed by atoms with Crippen molar-refractivity contribution in [3.63, 3.8) is 0 Å². The molecule has 3 saturated heterocycles. The van der Waals surface area contributed by atoms with E-state index in [9.17, 15) is 9.59 Å². The molecule has 3 heterocycles. The Kier molecular flexibility index (Phi) is 8.91. The van der Waals surface area contributed by atoms with E-state index in [2.05, 4.69) is 32.3 Å². The van der Waals surface area contributed by atoms with Crippen LogP contribution < -0.4 is 32.3 Å². The first kappa shape index (κ1) is 25.4. The van der Waals surface area contributed by atoms with Crippen LogP contribution in [0.3, 0.4) is 0 Å². The molecule has 35 heavy (non-hydrogen) atoms. The molecule has 10 nitrogen and oxygen atoms in total. The van der Waals surface area contributed by atoms with Gasteiger partial charge >= 0.3 is 0 Å². The topological polar surface area (TPSA) is 125 Å². The molecule has 2 saturated carbocycles. The third-order valence-corrected chi connectivity index (χ3v) is 8.81. The normalized spacial score (nSPS) is 39.0. The fourth-order valence-electron chi connectivity index (χ4n) is 6.79. The first-order valence-corrected chi connectivity index (χ1v) is 14.0. The van der Waals surface area contributed by atoms with Gasteiger partial charge < -0.3 is 15.4 Å². The average molecular weight is 493 g/mol. The van der Waals surface area contributed by atoms with Crippen LogP contribution in [0, 0.1) is 23.7 Å². The SMILES string of the molecule is O=C(CCC1NC(C2CCC3OCCC3C2)NO1)NCCCCNC1NNC(=O)C2CCCCC12. The number of hydroxylamine groups is 1. The van der Waals surface area contributed by atoms with Crippen molar-refractivity contribution in [2.24, 2.45) is 23.7 Å². The molecule has 6 N–H and O–H groups in total. The zero-order valence-corrected chi connectivity index (χ0v) is 20.9. The monoisotopic (exact) mass is 492 g/mol. The van der Waals surface area contributed by atoms with Crippen molar-refractivity contribution in [2.75, 3.05) is 19.7 Å². The Labute approximate surface area is 208 Å². The third kappa shape index (κ3) is 6.53. The Bertz CT molecular complexity index is 726. The second kappa shape index (κ2) is 12.3. The Morgan fingerprint density at radius 1 is 1.03 bits per heavy atom. The molecular formula is C25H44N6O4. The molecular weight excluding hydrogens is 448 g/mol. The van der Waals surface area contributed by atoms with Crippen molar-refractivity contribution in [2.45, 2.75) is 102 Å². The maximum Gasteiger partial charge on any atom is 0.237 e. The van der Waals surface area contributed by atoms with Gasteiger partial charge in [0.25, 0.3) is 0 Å². The van der Waals surface area contributed by atoms with Crippen molar-refractivity contribution < 1.29 is 19.2 Å². The highest BCUT2D eigenvalue weighted by Gasteiger charge is 2.41. The molecule has 0 bridgehead atoms. The molecule has 2 aliphatic carbocycles. The van der Waals surface area contributed by atoms with Gasteiger partial charge in [0.1, 0.15) is 6.23 Å². The van der Waals surface area contributed by atoms with E-state index in [-0.39, 0.29) is 36.3 Å². The summed E-state index contributed by atoms with van der Waals surface area (Å²) < 4.78 is 5.82.